The quantitative estimate of drug-likeness (QED) is 0.531. The molecule has 0 bridgehead atoms. The van der Waals surface area contributed by atoms with Gasteiger partial charge in [0.05, 0.1) is 16.8 Å². The van der Waals surface area contributed by atoms with E-state index in [0.717, 1.165) is 11.8 Å². The number of carbonyl (C=O) groups is 1. The van der Waals surface area contributed by atoms with Gasteiger partial charge in [0.1, 0.15) is 0 Å². The molecule has 32 heavy (non-hydrogen) atoms. The number of anilines is 2. The average Bonchev–Trinajstić information content (AvgIpc) is 2.72. The molecule has 0 aliphatic carbocycles. The lowest BCUT2D eigenvalue weighted by molar-refractivity contribution is -0.116. The first-order valence-electron chi connectivity index (χ1n) is 10.4. The molecule has 0 aliphatic heterocycles. The molecule has 0 unspecified atom stereocenters. The number of nitrogens with zero attached hydrogens (tertiary/aromatic N) is 2. The second kappa shape index (κ2) is 10.9. The van der Waals surface area contributed by atoms with Crippen LogP contribution in [0.4, 0.5) is 11.4 Å². The van der Waals surface area contributed by atoms with Crippen molar-refractivity contribution in [2.75, 3.05) is 35.5 Å². The lowest BCUT2D eigenvalue weighted by Gasteiger charge is -2.24. The summed E-state index contributed by atoms with van der Waals surface area (Å²) in [7, 11) is -7.04. The lowest BCUT2D eigenvalue weighted by Crippen LogP contribution is -2.32. The second-order valence-electron chi connectivity index (χ2n) is 7.39. The van der Waals surface area contributed by atoms with E-state index < -0.39 is 20.0 Å². The van der Waals surface area contributed by atoms with E-state index in [0.29, 0.717) is 30.9 Å². The minimum atomic E-state index is -3.56. The Morgan fingerprint density at radius 3 is 2.06 bits per heavy atom. The summed E-state index contributed by atoms with van der Waals surface area (Å²) in [6.45, 7) is 6.33. The van der Waals surface area contributed by atoms with Crippen LogP contribution in [0.15, 0.2) is 53.4 Å². The highest BCUT2D eigenvalue weighted by Crippen LogP contribution is 2.23. The zero-order valence-electron chi connectivity index (χ0n) is 18.9. The fourth-order valence-electron chi connectivity index (χ4n) is 3.34. The first kappa shape index (κ1) is 25.8. The maximum Gasteiger partial charge on any atom is 0.243 e. The summed E-state index contributed by atoms with van der Waals surface area (Å²) in [6.07, 6.45) is 1.60. The number of rotatable bonds is 11. The molecule has 0 atom stereocenters. The van der Waals surface area contributed by atoms with Gasteiger partial charge in [0.2, 0.25) is 26.0 Å². The molecule has 0 heterocycles. The smallest absolute Gasteiger partial charge is 0.243 e. The first-order valence-corrected chi connectivity index (χ1v) is 13.7. The molecule has 2 aromatic carbocycles. The Kier molecular flexibility index (Phi) is 8.82. The van der Waals surface area contributed by atoms with Crippen molar-refractivity contribution in [3.05, 3.63) is 54.1 Å². The summed E-state index contributed by atoms with van der Waals surface area (Å²) in [5.74, 6) is -0.275. The van der Waals surface area contributed by atoms with Gasteiger partial charge in [0.25, 0.3) is 0 Å². The average molecular weight is 482 g/mol. The predicted molar refractivity (Wildman–Crippen MR) is 128 cm³/mol. The van der Waals surface area contributed by atoms with E-state index in [2.05, 4.69) is 5.32 Å². The summed E-state index contributed by atoms with van der Waals surface area (Å²) >= 11 is 0. The summed E-state index contributed by atoms with van der Waals surface area (Å²) in [4.78, 5) is 12.5. The van der Waals surface area contributed by atoms with Crippen LogP contribution in [0.5, 0.6) is 0 Å². The number of carbonyl (C=O) groups excluding carboxylic acids is 1. The largest absolute Gasteiger partial charge is 0.326 e. The van der Waals surface area contributed by atoms with Crippen molar-refractivity contribution in [1.82, 2.24) is 4.31 Å². The Hall–Kier alpha value is -2.43. The van der Waals surface area contributed by atoms with Gasteiger partial charge in [-0.05, 0) is 49.2 Å². The van der Waals surface area contributed by atoms with E-state index in [9.17, 15) is 21.6 Å². The summed E-state index contributed by atoms with van der Waals surface area (Å²) < 4.78 is 52.2. The van der Waals surface area contributed by atoms with Crippen molar-refractivity contribution >= 4 is 37.3 Å². The van der Waals surface area contributed by atoms with Crippen molar-refractivity contribution in [2.24, 2.45) is 0 Å². The molecular formula is C22H31N3O5S2. The standard InChI is InChI=1S/C22H31N3O5S2/c1-5-24(6-2)32(29,30)20-15-13-19(14-16-20)23-22(26)12-9-17-25(31(4,27)28)21-11-8-7-10-18(21)3/h7-8,10-11,13-16H,5-6,9,12,17H2,1-4H3,(H,23,26). The van der Waals surface area contributed by atoms with Crippen molar-refractivity contribution < 1.29 is 21.6 Å². The molecule has 0 fully saturated rings. The molecule has 0 aliphatic rings. The number of sulfonamides is 2. The van der Waals surface area contributed by atoms with Crippen LogP contribution in [0.1, 0.15) is 32.3 Å². The number of nitrogens with one attached hydrogen (secondary N) is 1. The third kappa shape index (κ3) is 6.54. The lowest BCUT2D eigenvalue weighted by atomic mass is 10.2. The predicted octanol–water partition coefficient (Wildman–Crippen LogP) is 3.21. The zero-order chi connectivity index (χ0) is 23.9. The minimum Gasteiger partial charge on any atom is -0.326 e. The first-order chi connectivity index (χ1) is 15.0. The van der Waals surface area contributed by atoms with E-state index in [1.165, 1.54) is 20.7 Å². The molecule has 1 N–H and O–H groups in total. The molecule has 0 radical (unpaired) electrons. The van der Waals surface area contributed by atoms with Gasteiger partial charge < -0.3 is 5.32 Å². The summed E-state index contributed by atoms with van der Waals surface area (Å²) in [5, 5.41) is 2.73. The highest BCUT2D eigenvalue weighted by Gasteiger charge is 2.22. The van der Waals surface area contributed by atoms with E-state index in [4.69, 9.17) is 0 Å². The maximum absolute atomic E-state index is 12.5. The molecule has 0 aromatic heterocycles. The number of benzene rings is 2. The van der Waals surface area contributed by atoms with E-state index >= 15 is 0 Å². The molecule has 1 amide bonds. The van der Waals surface area contributed by atoms with Gasteiger partial charge in [-0.3, -0.25) is 9.10 Å². The third-order valence-corrected chi connectivity index (χ3v) is 8.27. The number of aryl methyl sites for hydroxylation is 1. The van der Waals surface area contributed by atoms with Gasteiger partial charge >= 0.3 is 0 Å². The molecule has 0 saturated carbocycles. The second-order valence-corrected chi connectivity index (χ2v) is 11.2. The molecule has 176 valence electrons. The molecule has 2 aromatic rings. The Morgan fingerprint density at radius 2 is 1.53 bits per heavy atom. The van der Waals surface area contributed by atoms with E-state index in [1.807, 2.05) is 19.1 Å². The highest BCUT2D eigenvalue weighted by molar-refractivity contribution is 7.92. The monoisotopic (exact) mass is 481 g/mol. The Bertz CT molecular complexity index is 1130. The molecule has 2 rings (SSSR count). The van der Waals surface area contributed by atoms with E-state index in [1.54, 1.807) is 38.1 Å². The van der Waals surface area contributed by atoms with Crippen LogP contribution in [0.25, 0.3) is 0 Å². The van der Waals surface area contributed by atoms with Crippen LogP contribution < -0.4 is 9.62 Å². The summed E-state index contributed by atoms with van der Waals surface area (Å²) in [5.41, 5.74) is 1.91. The Morgan fingerprint density at radius 1 is 0.938 bits per heavy atom. The van der Waals surface area contributed by atoms with Crippen molar-refractivity contribution in [1.29, 1.82) is 0 Å². The van der Waals surface area contributed by atoms with Gasteiger partial charge in [-0.1, -0.05) is 32.0 Å². The van der Waals surface area contributed by atoms with Gasteiger partial charge in [0.15, 0.2) is 0 Å². The fourth-order valence-corrected chi connectivity index (χ4v) is 5.82. The number of hydrogen-bond acceptors (Lipinski definition) is 5. The van der Waals surface area contributed by atoms with Crippen molar-refractivity contribution in [3.8, 4) is 0 Å². The molecule has 8 nitrogen and oxygen atoms in total. The Balaban J connectivity index is 1.99. The topological polar surface area (TPSA) is 104 Å². The van der Waals surface area contributed by atoms with Crippen LogP contribution in [-0.4, -0.2) is 52.9 Å². The molecule has 0 saturated heterocycles. The molecule has 10 heteroatoms. The molecular weight excluding hydrogens is 450 g/mol. The van der Waals surface area contributed by atoms with Gasteiger partial charge in [-0.2, -0.15) is 4.31 Å². The maximum atomic E-state index is 12.5. The molecule has 0 spiro atoms. The third-order valence-electron chi connectivity index (χ3n) is 5.03. The number of para-hydroxylation sites is 1. The van der Waals surface area contributed by atoms with Crippen LogP contribution in [0, 0.1) is 6.92 Å². The van der Waals surface area contributed by atoms with Crippen LogP contribution >= 0.6 is 0 Å². The number of amides is 1. The van der Waals surface area contributed by atoms with Gasteiger partial charge in [-0.15, -0.1) is 0 Å². The number of hydrogen-bond donors (Lipinski definition) is 1. The normalized spacial score (nSPS) is 12.0. The zero-order valence-corrected chi connectivity index (χ0v) is 20.5. The van der Waals surface area contributed by atoms with Gasteiger partial charge in [0, 0.05) is 31.7 Å². The van der Waals surface area contributed by atoms with Crippen molar-refractivity contribution in [2.45, 2.75) is 38.5 Å². The minimum absolute atomic E-state index is 0.122. The summed E-state index contributed by atoms with van der Waals surface area (Å²) in [6, 6.07) is 13.2. The van der Waals surface area contributed by atoms with Crippen LogP contribution in [-0.2, 0) is 24.8 Å². The van der Waals surface area contributed by atoms with E-state index in [-0.39, 0.29) is 23.8 Å². The van der Waals surface area contributed by atoms with Crippen LogP contribution in [0.2, 0.25) is 0 Å². The Labute approximate surface area is 191 Å². The fraction of sp³-hybridized carbons (Fsp3) is 0.409. The van der Waals surface area contributed by atoms with Crippen LogP contribution in [0.3, 0.4) is 0 Å². The van der Waals surface area contributed by atoms with Gasteiger partial charge in [-0.25, -0.2) is 16.8 Å². The van der Waals surface area contributed by atoms with Crippen molar-refractivity contribution in [3.63, 3.8) is 0 Å². The highest BCUT2D eigenvalue weighted by atomic mass is 32.2. The SMILES string of the molecule is CCN(CC)S(=O)(=O)c1ccc(NC(=O)CCCN(c2ccccc2C)S(C)(=O)=O)cc1.